The molecular formula is C29H38N6O. The number of nitrogens with zero attached hydrogens (tertiary/aromatic N) is 6. The molecule has 2 aliphatic carbocycles. The number of rotatable bonds is 5. The molecule has 5 aliphatic rings. The maximum atomic E-state index is 12.4. The smallest absolute Gasteiger partial charge is 0.225 e. The van der Waals surface area contributed by atoms with Crippen LogP contribution in [0.15, 0.2) is 48.5 Å². The second kappa shape index (κ2) is 8.37. The van der Waals surface area contributed by atoms with Gasteiger partial charge in [-0.25, -0.2) is 4.52 Å². The maximum absolute atomic E-state index is 12.4. The molecule has 4 fully saturated rings. The highest BCUT2D eigenvalue weighted by Crippen LogP contribution is 2.43. The second-order valence-electron chi connectivity index (χ2n) is 12.1. The summed E-state index contributed by atoms with van der Waals surface area (Å²) in [6.45, 7) is 13.0. The van der Waals surface area contributed by atoms with Crippen molar-refractivity contribution in [1.29, 1.82) is 0 Å². The van der Waals surface area contributed by atoms with Crippen molar-refractivity contribution in [3.8, 4) is 0 Å². The van der Waals surface area contributed by atoms with Crippen LogP contribution in [0.5, 0.6) is 0 Å². The third-order valence-corrected chi connectivity index (χ3v) is 9.10. The molecule has 1 amide bonds. The van der Waals surface area contributed by atoms with Crippen LogP contribution >= 0.6 is 0 Å². The molecule has 1 atom stereocenters. The summed E-state index contributed by atoms with van der Waals surface area (Å²) in [5.74, 6) is 1.08. The van der Waals surface area contributed by atoms with Crippen molar-refractivity contribution in [2.24, 2.45) is 11.3 Å². The first-order chi connectivity index (χ1) is 17.5. The minimum absolute atomic E-state index is 0.311. The van der Waals surface area contributed by atoms with Crippen LogP contribution < -0.4 is 4.90 Å². The molecule has 0 N–H and O–H groups in total. The number of allylic oxidation sites excluding steroid dienone is 3. The minimum atomic E-state index is 0.311. The molecule has 2 aromatic heterocycles. The number of hydrogen-bond donors (Lipinski definition) is 0. The van der Waals surface area contributed by atoms with Crippen LogP contribution in [0.25, 0.3) is 5.52 Å². The average molecular weight is 487 g/mol. The van der Waals surface area contributed by atoms with Crippen LogP contribution in [0, 0.1) is 11.3 Å². The quantitative estimate of drug-likeness (QED) is 0.649. The van der Waals surface area contributed by atoms with Crippen LogP contribution in [0.4, 0.5) is 5.69 Å². The van der Waals surface area contributed by atoms with E-state index in [9.17, 15) is 4.79 Å². The molecule has 7 nitrogen and oxygen atoms in total. The fourth-order valence-electron chi connectivity index (χ4n) is 6.66. The average Bonchev–Trinajstić information content (AvgIpc) is 3.60. The standard InChI is InChI=1S/C29H38N6O/c1-21(2)33-17-29(18-33)19-34(20-29)25-7-5-22(6-8-25)24-15-27-26(9-10-30-35(27)16-24)31-11-13-32(14-12-31)28(36)23-3-4-23/h5,7-10,15-16,21-23H,3-4,6,11-14,17-20H2,1-2H3. The lowest BCUT2D eigenvalue weighted by Gasteiger charge is -2.62. The first-order valence-corrected chi connectivity index (χ1v) is 13.9. The van der Waals surface area contributed by atoms with Gasteiger partial charge in [0.2, 0.25) is 5.91 Å². The molecule has 1 saturated carbocycles. The fourth-order valence-corrected chi connectivity index (χ4v) is 6.66. The van der Waals surface area contributed by atoms with E-state index < -0.39 is 0 Å². The van der Waals surface area contributed by atoms with Gasteiger partial charge in [0.1, 0.15) is 0 Å². The van der Waals surface area contributed by atoms with Gasteiger partial charge in [-0.1, -0.05) is 12.2 Å². The van der Waals surface area contributed by atoms with Gasteiger partial charge in [-0.05, 0) is 56.9 Å². The lowest BCUT2D eigenvalue weighted by atomic mass is 9.71. The molecule has 7 rings (SSSR count). The van der Waals surface area contributed by atoms with Gasteiger partial charge in [0.05, 0.1) is 11.2 Å². The van der Waals surface area contributed by atoms with E-state index in [1.165, 1.54) is 48.6 Å². The SMILES string of the molecule is CC(C)N1CC2(CN(C3=CCC(c4cc5c(N6CCN(C(=O)C7CC7)CC6)ccnn5c4)C=C3)C2)C1. The van der Waals surface area contributed by atoms with Gasteiger partial charge in [0.15, 0.2) is 0 Å². The monoisotopic (exact) mass is 486 g/mol. The van der Waals surface area contributed by atoms with Gasteiger partial charge in [0.25, 0.3) is 0 Å². The lowest BCUT2D eigenvalue weighted by molar-refractivity contribution is -0.132. The van der Waals surface area contributed by atoms with Crippen molar-refractivity contribution in [1.82, 2.24) is 24.3 Å². The van der Waals surface area contributed by atoms with Gasteiger partial charge < -0.3 is 14.7 Å². The van der Waals surface area contributed by atoms with Crippen LogP contribution in [-0.2, 0) is 4.79 Å². The number of likely N-dealkylation sites (tertiary alicyclic amines) is 2. The Hall–Kier alpha value is -2.80. The van der Waals surface area contributed by atoms with Crippen LogP contribution in [-0.4, -0.2) is 88.6 Å². The Bertz CT molecular complexity index is 1220. The number of aromatic nitrogens is 2. The van der Waals surface area contributed by atoms with Crippen molar-refractivity contribution in [2.45, 2.75) is 45.1 Å². The summed E-state index contributed by atoms with van der Waals surface area (Å²) in [4.78, 5) is 22.1. The Morgan fingerprint density at radius 1 is 1.06 bits per heavy atom. The summed E-state index contributed by atoms with van der Waals surface area (Å²) >= 11 is 0. The molecule has 36 heavy (non-hydrogen) atoms. The molecule has 7 heteroatoms. The Morgan fingerprint density at radius 2 is 1.83 bits per heavy atom. The number of anilines is 1. The molecule has 2 aromatic rings. The molecule has 190 valence electrons. The minimum Gasteiger partial charge on any atom is -0.370 e. The van der Waals surface area contributed by atoms with Gasteiger partial charge in [-0.3, -0.25) is 9.69 Å². The first-order valence-electron chi connectivity index (χ1n) is 13.9. The molecular weight excluding hydrogens is 448 g/mol. The molecule has 3 aliphatic heterocycles. The summed E-state index contributed by atoms with van der Waals surface area (Å²) in [5.41, 5.74) is 5.68. The third kappa shape index (κ3) is 3.83. The molecule has 0 radical (unpaired) electrons. The Kier molecular flexibility index (Phi) is 5.21. The predicted molar refractivity (Wildman–Crippen MR) is 142 cm³/mol. The highest BCUT2D eigenvalue weighted by atomic mass is 16.2. The van der Waals surface area contributed by atoms with E-state index in [1.54, 1.807) is 0 Å². The van der Waals surface area contributed by atoms with Gasteiger partial charge >= 0.3 is 0 Å². The Morgan fingerprint density at radius 3 is 2.50 bits per heavy atom. The predicted octanol–water partition coefficient (Wildman–Crippen LogP) is 3.35. The van der Waals surface area contributed by atoms with Crippen LogP contribution in [0.3, 0.4) is 0 Å². The van der Waals surface area contributed by atoms with Gasteiger partial charge in [-0.2, -0.15) is 5.10 Å². The van der Waals surface area contributed by atoms with E-state index in [0.29, 0.717) is 29.2 Å². The van der Waals surface area contributed by atoms with Gasteiger partial charge in [0, 0.05) is 93.7 Å². The fraction of sp³-hybridized carbons (Fsp3) is 0.586. The highest BCUT2D eigenvalue weighted by molar-refractivity contribution is 5.81. The molecule has 5 heterocycles. The van der Waals surface area contributed by atoms with E-state index in [4.69, 9.17) is 0 Å². The van der Waals surface area contributed by atoms with E-state index in [1.807, 2.05) is 10.7 Å². The van der Waals surface area contributed by atoms with E-state index in [-0.39, 0.29) is 0 Å². The summed E-state index contributed by atoms with van der Waals surface area (Å²) < 4.78 is 2.04. The zero-order valence-corrected chi connectivity index (χ0v) is 21.6. The van der Waals surface area contributed by atoms with Crippen LogP contribution in [0.2, 0.25) is 0 Å². The molecule has 0 aromatic carbocycles. The van der Waals surface area contributed by atoms with E-state index in [2.05, 4.69) is 75.1 Å². The number of carbonyl (C=O) groups excluding carboxylic acids is 1. The molecule has 0 bridgehead atoms. The number of piperazine rings is 1. The number of amides is 1. The number of carbonyl (C=O) groups is 1. The summed E-state index contributed by atoms with van der Waals surface area (Å²) in [7, 11) is 0. The van der Waals surface area contributed by atoms with Crippen molar-refractivity contribution >= 4 is 17.1 Å². The molecule has 1 spiro atoms. The Labute approximate surface area is 214 Å². The van der Waals surface area contributed by atoms with Crippen molar-refractivity contribution < 1.29 is 4.79 Å². The van der Waals surface area contributed by atoms with Crippen LogP contribution in [0.1, 0.15) is 44.6 Å². The summed E-state index contributed by atoms with van der Waals surface area (Å²) in [6.07, 6.45) is 14.5. The highest BCUT2D eigenvalue weighted by Gasteiger charge is 2.52. The second-order valence-corrected chi connectivity index (χ2v) is 12.1. The maximum Gasteiger partial charge on any atom is 0.225 e. The van der Waals surface area contributed by atoms with Gasteiger partial charge in [-0.15, -0.1) is 0 Å². The summed E-state index contributed by atoms with van der Waals surface area (Å²) in [5, 5.41) is 4.62. The van der Waals surface area contributed by atoms with Crippen molar-refractivity contribution in [2.75, 3.05) is 57.3 Å². The largest absolute Gasteiger partial charge is 0.370 e. The zero-order chi connectivity index (χ0) is 24.4. The van der Waals surface area contributed by atoms with E-state index in [0.717, 1.165) is 45.4 Å². The number of fused-ring (bicyclic) bond motifs is 1. The normalized spacial score (nSPS) is 25.9. The summed E-state index contributed by atoms with van der Waals surface area (Å²) in [6, 6.07) is 5.13. The number of hydrogen-bond acceptors (Lipinski definition) is 5. The third-order valence-electron chi connectivity index (χ3n) is 9.10. The zero-order valence-electron chi connectivity index (χ0n) is 21.6. The molecule has 3 saturated heterocycles. The van der Waals surface area contributed by atoms with Crippen molar-refractivity contribution in [3.63, 3.8) is 0 Å². The first kappa shape index (κ1) is 22.4. The lowest BCUT2D eigenvalue weighted by Crippen LogP contribution is -2.72. The topological polar surface area (TPSA) is 47.3 Å². The Balaban J connectivity index is 0.995. The molecule has 1 unspecified atom stereocenters. The van der Waals surface area contributed by atoms with E-state index >= 15 is 0 Å². The van der Waals surface area contributed by atoms with Crippen molar-refractivity contribution in [3.05, 3.63) is 54.0 Å².